The van der Waals surface area contributed by atoms with Crippen LogP contribution in [0.15, 0.2) is 77.7 Å². The van der Waals surface area contributed by atoms with Gasteiger partial charge in [-0.05, 0) is 61.9 Å². The Morgan fingerprint density at radius 3 is 2.37 bits per heavy atom. The molecule has 1 saturated heterocycles. The number of carbonyl (C=O) groups is 2. The molecule has 1 aliphatic rings. The molecule has 10 heteroatoms. The maximum Gasteiger partial charge on any atom is 0.329 e. The lowest BCUT2D eigenvalue weighted by molar-refractivity contribution is 0.0944. The van der Waals surface area contributed by atoms with Gasteiger partial charge in [0.25, 0.3) is 11.5 Å². The largest absolute Gasteiger partial charge is 0.395 e. The highest BCUT2D eigenvalue weighted by Gasteiger charge is 2.32. The van der Waals surface area contributed by atoms with Crippen LogP contribution >= 0.6 is 0 Å². The van der Waals surface area contributed by atoms with Crippen LogP contribution in [0.2, 0.25) is 0 Å². The first-order valence-electron chi connectivity index (χ1n) is 13.4. The number of aryl methyl sites for hydroxylation is 2. The van der Waals surface area contributed by atoms with Gasteiger partial charge in [0.05, 0.1) is 12.3 Å². The van der Waals surface area contributed by atoms with Gasteiger partial charge in [0.15, 0.2) is 5.82 Å². The van der Waals surface area contributed by atoms with Crippen molar-refractivity contribution >= 4 is 34.8 Å². The standard InChI is InChI=1S/C31H32N6O4/c1-20-7-13-24(14-8-20)36-16-17-37(31(36)41)27-6-4-5-25(21(27)2)26-19-35(3)30(40)28(34-26)33-23-11-9-22(10-12-23)29(39)32-15-18-38/h4-14,19,38H,15-18H2,1-3H3,(H,32,39)(H,33,34). The summed E-state index contributed by atoms with van der Waals surface area (Å²) in [7, 11) is 1.66. The Balaban J connectivity index is 1.41. The third kappa shape index (κ3) is 5.68. The Bertz CT molecular complexity index is 1650. The quantitative estimate of drug-likeness (QED) is 0.304. The molecule has 4 aromatic rings. The lowest BCUT2D eigenvalue weighted by Gasteiger charge is -2.22. The number of amides is 3. The van der Waals surface area contributed by atoms with E-state index in [1.807, 2.05) is 56.3 Å². The second-order valence-corrected chi connectivity index (χ2v) is 9.94. The van der Waals surface area contributed by atoms with Gasteiger partial charge < -0.3 is 20.3 Å². The topological polar surface area (TPSA) is 120 Å². The van der Waals surface area contributed by atoms with Crippen LogP contribution in [0, 0.1) is 13.8 Å². The molecule has 10 nitrogen and oxygen atoms in total. The van der Waals surface area contributed by atoms with Gasteiger partial charge >= 0.3 is 6.03 Å². The molecule has 0 unspecified atom stereocenters. The summed E-state index contributed by atoms with van der Waals surface area (Å²) in [4.78, 5) is 46.7. The summed E-state index contributed by atoms with van der Waals surface area (Å²) in [6.45, 7) is 5.14. The van der Waals surface area contributed by atoms with E-state index in [1.54, 1.807) is 47.3 Å². The molecule has 0 spiro atoms. The molecular formula is C31H32N6O4. The summed E-state index contributed by atoms with van der Waals surface area (Å²) in [6, 6.07) is 20.2. The van der Waals surface area contributed by atoms with Crippen LogP contribution in [-0.2, 0) is 7.05 Å². The number of aliphatic hydroxyl groups excluding tert-OH is 1. The molecule has 0 aliphatic carbocycles. The smallest absolute Gasteiger partial charge is 0.329 e. The molecular weight excluding hydrogens is 520 g/mol. The molecule has 1 fully saturated rings. The van der Waals surface area contributed by atoms with E-state index in [1.165, 1.54) is 4.57 Å². The van der Waals surface area contributed by atoms with Crippen molar-refractivity contribution in [3.63, 3.8) is 0 Å². The Morgan fingerprint density at radius 2 is 1.66 bits per heavy atom. The summed E-state index contributed by atoms with van der Waals surface area (Å²) in [5.74, 6) is -0.162. The number of rotatable bonds is 8. The molecule has 3 N–H and O–H groups in total. The Labute approximate surface area is 237 Å². The number of anilines is 4. The van der Waals surface area contributed by atoms with E-state index in [-0.39, 0.29) is 36.5 Å². The molecule has 2 heterocycles. The molecule has 1 aliphatic heterocycles. The van der Waals surface area contributed by atoms with Gasteiger partial charge in [-0.2, -0.15) is 0 Å². The molecule has 41 heavy (non-hydrogen) atoms. The first kappa shape index (κ1) is 27.6. The van der Waals surface area contributed by atoms with Crippen LogP contribution in [0.1, 0.15) is 21.5 Å². The van der Waals surface area contributed by atoms with Crippen LogP contribution in [-0.4, -0.2) is 52.8 Å². The van der Waals surface area contributed by atoms with Gasteiger partial charge in [-0.25, -0.2) is 9.78 Å². The number of hydrogen-bond donors (Lipinski definition) is 3. The second-order valence-electron chi connectivity index (χ2n) is 9.94. The fourth-order valence-electron chi connectivity index (χ4n) is 4.85. The first-order valence-corrected chi connectivity index (χ1v) is 13.4. The molecule has 1 aromatic heterocycles. The fourth-order valence-corrected chi connectivity index (χ4v) is 4.85. The minimum atomic E-state index is -0.309. The Morgan fingerprint density at radius 1 is 0.951 bits per heavy atom. The number of aliphatic hydroxyl groups is 1. The Kier molecular flexibility index (Phi) is 7.84. The van der Waals surface area contributed by atoms with E-state index in [2.05, 4.69) is 15.6 Å². The summed E-state index contributed by atoms with van der Waals surface area (Å²) < 4.78 is 1.47. The summed E-state index contributed by atoms with van der Waals surface area (Å²) in [5, 5.41) is 14.6. The van der Waals surface area contributed by atoms with E-state index in [4.69, 9.17) is 5.11 Å². The van der Waals surface area contributed by atoms with E-state index in [0.717, 1.165) is 28.1 Å². The molecule has 0 atom stereocenters. The van der Waals surface area contributed by atoms with Crippen LogP contribution < -0.4 is 26.0 Å². The van der Waals surface area contributed by atoms with E-state index >= 15 is 0 Å². The van der Waals surface area contributed by atoms with Gasteiger partial charge in [-0.1, -0.05) is 29.8 Å². The van der Waals surface area contributed by atoms with Crippen molar-refractivity contribution < 1.29 is 14.7 Å². The normalized spacial score (nSPS) is 13.0. The highest BCUT2D eigenvalue weighted by molar-refractivity contribution is 6.07. The lowest BCUT2D eigenvalue weighted by atomic mass is 10.0. The van der Waals surface area contributed by atoms with Crippen LogP contribution in [0.25, 0.3) is 11.3 Å². The number of urea groups is 1. The first-order chi connectivity index (χ1) is 19.8. The predicted octanol–water partition coefficient (Wildman–Crippen LogP) is 3.98. The predicted molar refractivity (Wildman–Crippen MR) is 160 cm³/mol. The van der Waals surface area contributed by atoms with Gasteiger partial charge in [0.1, 0.15) is 0 Å². The molecule has 210 valence electrons. The number of benzene rings is 3. The zero-order valence-corrected chi connectivity index (χ0v) is 23.2. The van der Waals surface area contributed by atoms with Crippen molar-refractivity contribution in [3.8, 4) is 11.3 Å². The number of nitrogens with one attached hydrogen (secondary N) is 2. The van der Waals surface area contributed by atoms with Crippen molar-refractivity contribution in [2.45, 2.75) is 13.8 Å². The maximum absolute atomic E-state index is 13.4. The summed E-state index contributed by atoms with van der Waals surface area (Å²) in [6.07, 6.45) is 1.68. The van der Waals surface area contributed by atoms with Crippen molar-refractivity contribution in [1.82, 2.24) is 14.9 Å². The van der Waals surface area contributed by atoms with Gasteiger partial charge in [-0.3, -0.25) is 19.4 Å². The minimum absolute atomic E-state index is 0.0848. The minimum Gasteiger partial charge on any atom is -0.395 e. The van der Waals surface area contributed by atoms with Crippen LogP contribution in [0.3, 0.4) is 0 Å². The molecule has 3 aromatic carbocycles. The molecule has 0 saturated carbocycles. The second kappa shape index (κ2) is 11.6. The maximum atomic E-state index is 13.4. The van der Waals surface area contributed by atoms with E-state index < -0.39 is 0 Å². The summed E-state index contributed by atoms with van der Waals surface area (Å²) >= 11 is 0. The average molecular weight is 553 g/mol. The Hall–Kier alpha value is -4.96. The summed E-state index contributed by atoms with van der Waals surface area (Å²) in [5.41, 5.74) is 5.78. The average Bonchev–Trinajstić information content (AvgIpc) is 3.35. The third-order valence-electron chi connectivity index (χ3n) is 7.10. The number of aromatic nitrogens is 2. The SMILES string of the molecule is Cc1ccc(N2CCN(c3cccc(-c4cn(C)c(=O)c(Nc5ccc(C(=O)NCCO)cc5)n4)c3C)C2=O)cc1. The molecule has 5 rings (SSSR count). The highest BCUT2D eigenvalue weighted by Crippen LogP contribution is 2.33. The fraction of sp³-hybridized carbons (Fsp3) is 0.226. The van der Waals surface area contributed by atoms with Crippen molar-refractivity contribution in [1.29, 1.82) is 0 Å². The van der Waals surface area contributed by atoms with E-state index in [0.29, 0.717) is 30.0 Å². The van der Waals surface area contributed by atoms with Crippen LogP contribution in [0.5, 0.6) is 0 Å². The zero-order chi connectivity index (χ0) is 29.1. The van der Waals surface area contributed by atoms with Crippen LogP contribution in [0.4, 0.5) is 27.7 Å². The van der Waals surface area contributed by atoms with Crippen molar-refractivity contribution in [3.05, 3.63) is 100.0 Å². The lowest BCUT2D eigenvalue weighted by Crippen LogP contribution is -2.32. The van der Waals surface area contributed by atoms with E-state index in [9.17, 15) is 14.4 Å². The number of hydrogen-bond acceptors (Lipinski definition) is 6. The monoisotopic (exact) mass is 552 g/mol. The number of carbonyl (C=O) groups excluding carboxylic acids is 2. The van der Waals surface area contributed by atoms with Crippen molar-refractivity contribution in [2.24, 2.45) is 7.05 Å². The van der Waals surface area contributed by atoms with Crippen molar-refractivity contribution in [2.75, 3.05) is 41.4 Å². The third-order valence-corrected chi connectivity index (χ3v) is 7.10. The van der Waals surface area contributed by atoms with Gasteiger partial charge in [0.2, 0.25) is 0 Å². The van der Waals surface area contributed by atoms with Gasteiger partial charge in [0, 0.05) is 61.1 Å². The van der Waals surface area contributed by atoms with Gasteiger partial charge in [-0.15, -0.1) is 0 Å². The molecule has 0 radical (unpaired) electrons. The number of nitrogens with zero attached hydrogens (tertiary/aromatic N) is 4. The molecule has 3 amide bonds. The zero-order valence-electron chi connectivity index (χ0n) is 23.2. The molecule has 0 bridgehead atoms. The highest BCUT2D eigenvalue weighted by atomic mass is 16.3.